The van der Waals surface area contributed by atoms with E-state index >= 15 is 0 Å². The fourth-order valence-corrected chi connectivity index (χ4v) is 6.60. The third-order valence-corrected chi connectivity index (χ3v) is 8.08. The van der Waals surface area contributed by atoms with Crippen molar-refractivity contribution in [1.82, 2.24) is 9.97 Å². The van der Waals surface area contributed by atoms with Crippen LogP contribution < -0.4 is 10.6 Å². The minimum absolute atomic E-state index is 0.785. The smallest absolute Gasteiger partial charge is 0.132 e. The normalized spacial score (nSPS) is 15.7. The van der Waals surface area contributed by atoms with Crippen molar-refractivity contribution in [2.24, 2.45) is 9.98 Å². The summed E-state index contributed by atoms with van der Waals surface area (Å²) in [6.45, 7) is 13.0. The first-order valence-corrected chi connectivity index (χ1v) is 14.3. The summed E-state index contributed by atoms with van der Waals surface area (Å²) in [5, 5.41) is 7.02. The number of H-pyrrole nitrogens is 2. The Bertz CT molecular complexity index is 1790. The van der Waals surface area contributed by atoms with Crippen molar-refractivity contribution in [2.45, 2.75) is 41.5 Å². The highest BCUT2D eigenvalue weighted by atomic mass is 15.1. The first kappa shape index (κ1) is 25.8. The minimum atomic E-state index is 0.785. The van der Waals surface area contributed by atoms with Crippen LogP contribution in [-0.4, -0.2) is 21.6 Å². The summed E-state index contributed by atoms with van der Waals surface area (Å²) in [7, 11) is 0. The molecule has 3 aliphatic rings. The zero-order valence-electron chi connectivity index (χ0n) is 24.8. The number of aliphatic imine (C=N–C) groups is 2. The second-order valence-electron chi connectivity index (χ2n) is 11.6. The molecule has 0 saturated heterocycles. The molecule has 6 nitrogen and oxygen atoms in total. The van der Waals surface area contributed by atoms with Crippen LogP contribution in [0, 0.1) is 41.5 Å². The molecule has 208 valence electrons. The van der Waals surface area contributed by atoms with Crippen LogP contribution in [0.15, 0.2) is 94.2 Å². The number of nitrogens with one attached hydrogen (secondary N) is 4. The summed E-state index contributed by atoms with van der Waals surface area (Å²) in [6, 6.07) is 17.3. The van der Waals surface area contributed by atoms with Crippen LogP contribution in [0.3, 0.4) is 0 Å². The number of nitrogens with zero attached hydrogens (tertiary/aromatic N) is 2. The maximum Gasteiger partial charge on any atom is 0.132 e. The number of benzene rings is 2. The maximum atomic E-state index is 5.07. The predicted octanol–water partition coefficient (Wildman–Crippen LogP) is 8.19. The molecule has 0 aliphatic carbocycles. The number of rotatable bonds is 2. The molecule has 0 radical (unpaired) electrons. The summed E-state index contributed by atoms with van der Waals surface area (Å²) in [4.78, 5) is 17.4. The number of anilines is 2. The molecule has 6 heteroatoms. The van der Waals surface area contributed by atoms with E-state index in [-0.39, 0.29) is 0 Å². The van der Waals surface area contributed by atoms with Crippen molar-refractivity contribution >= 4 is 34.5 Å². The fourth-order valence-electron chi connectivity index (χ4n) is 6.60. The average Bonchev–Trinajstić information content (AvgIpc) is 3.73. The van der Waals surface area contributed by atoms with Crippen LogP contribution in [0.2, 0.25) is 0 Å². The minimum Gasteiger partial charge on any atom is -0.341 e. The highest BCUT2D eigenvalue weighted by molar-refractivity contribution is 6.09. The third-order valence-electron chi connectivity index (χ3n) is 8.08. The first-order chi connectivity index (χ1) is 20.2. The topological polar surface area (TPSA) is 80.4 Å². The molecule has 0 atom stereocenters. The molecule has 0 unspecified atom stereocenters. The van der Waals surface area contributed by atoms with Crippen LogP contribution in [-0.2, 0) is 0 Å². The zero-order valence-corrected chi connectivity index (χ0v) is 24.8. The Hall–Kier alpha value is -5.10. The standard InChI is InChI=1S/C36H34N6/c1-19-15-21(3)33(22(4)16-19)35-25-7-11-29(37-25)41-31-13-9-27(39-31)36(34-23(5)17-20(2)18-24(34)6)28-10-14-32(40-28)42-30-12-8-26(35)38-30/h7-18H,1-6H3,(H2,37,39,41)(H2,38,40,42). The molecule has 5 heterocycles. The van der Waals surface area contributed by atoms with E-state index in [1.165, 1.54) is 44.5 Å². The van der Waals surface area contributed by atoms with Gasteiger partial charge >= 0.3 is 0 Å². The second-order valence-corrected chi connectivity index (χ2v) is 11.6. The Morgan fingerprint density at radius 2 is 0.857 bits per heavy atom. The number of fused-ring (bicyclic) bond motifs is 6. The van der Waals surface area contributed by atoms with E-state index in [0.717, 1.165) is 57.2 Å². The summed E-state index contributed by atoms with van der Waals surface area (Å²) in [5.41, 5.74) is 15.7. The number of aromatic nitrogens is 2. The lowest BCUT2D eigenvalue weighted by Gasteiger charge is -2.16. The quantitative estimate of drug-likeness (QED) is 0.203. The maximum absolute atomic E-state index is 5.07. The summed E-state index contributed by atoms with van der Waals surface area (Å²) in [5.74, 6) is 3.32. The Balaban J connectivity index is 1.43. The van der Waals surface area contributed by atoms with Crippen molar-refractivity contribution in [1.29, 1.82) is 0 Å². The van der Waals surface area contributed by atoms with Crippen molar-refractivity contribution in [3.63, 3.8) is 0 Å². The van der Waals surface area contributed by atoms with Gasteiger partial charge in [0.05, 0.1) is 11.4 Å². The molecule has 8 bridgehead atoms. The van der Waals surface area contributed by atoms with E-state index in [4.69, 9.17) is 9.98 Å². The number of allylic oxidation sites excluding steroid dienone is 2. The predicted molar refractivity (Wildman–Crippen MR) is 175 cm³/mol. The Morgan fingerprint density at radius 3 is 1.24 bits per heavy atom. The Labute approximate surface area is 246 Å². The second kappa shape index (κ2) is 9.77. The molecular formula is C36H34N6. The highest BCUT2D eigenvalue weighted by Crippen LogP contribution is 2.37. The number of hydrogen-bond donors (Lipinski definition) is 4. The van der Waals surface area contributed by atoms with Gasteiger partial charge in [-0.2, -0.15) is 0 Å². The number of aryl methyl sites for hydroxylation is 6. The molecule has 4 aromatic rings. The van der Waals surface area contributed by atoms with Gasteiger partial charge in [0.1, 0.15) is 23.3 Å². The van der Waals surface area contributed by atoms with Gasteiger partial charge < -0.3 is 20.6 Å². The van der Waals surface area contributed by atoms with Gasteiger partial charge in [-0.1, -0.05) is 35.4 Å². The van der Waals surface area contributed by atoms with Gasteiger partial charge in [-0.05, 0) is 123 Å². The van der Waals surface area contributed by atoms with Crippen LogP contribution in [0.1, 0.15) is 55.9 Å². The van der Waals surface area contributed by atoms with Gasteiger partial charge in [-0.3, -0.25) is 0 Å². The van der Waals surface area contributed by atoms with Crippen LogP contribution >= 0.6 is 0 Å². The first-order valence-electron chi connectivity index (χ1n) is 14.3. The lowest BCUT2D eigenvalue weighted by atomic mass is 9.91. The highest BCUT2D eigenvalue weighted by Gasteiger charge is 2.23. The van der Waals surface area contributed by atoms with Gasteiger partial charge in [0.15, 0.2) is 0 Å². The average molecular weight is 551 g/mol. The molecule has 4 N–H and O–H groups in total. The van der Waals surface area contributed by atoms with Crippen LogP contribution in [0.25, 0.3) is 11.1 Å². The number of hydrogen-bond acceptors (Lipinski definition) is 4. The largest absolute Gasteiger partial charge is 0.341 e. The van der Waals surface area contributed by atoms with E-state index < -0.39 is 0 Å². The van der Waals surface area contributed by atoms with Gasteiger partial charge in [0.2, 0.25) is 0 Å². The lowest BCUT2D eigenvalue weighted by Crippen LogP contribution is -2.08. The van der Waals surface area contributed by atoms with Crippen LogP contribution in [0.4, 0.5) is 11.6 Å². The summed E-state index contributed by atoms with van der Waals surface area (Å²) in [6.07, 6.45) is 8.26. The molecule has 0 spiro atoms. The third kappa shape index (κ3) is 4.45. The number of aromatic amines is 2. The molecule has 0 saturated carbocycles. The van der Waals surface area contributed by atoms with Crippen molar-refractivity contribution in [2.75, 3.05) is 10.6 Å². The molecule has 2 aromatic heterocycles. The lowest BCUT2D eigenvalue weighted by molar-refractivity contribution is 1.24. The molecular weight excluding hydrogens is 516 g/mol. The van der Waals surface area contributed by atoms with Crippen molar-refractivity contribution in [3.05, 3.63) is 140 Å². The Morgan fingerprint density at radius 1 is 0.476 bits per heavy atom. The Kier molecular flexibility index (Phi) is 6.01. The zero-order chi connectivity index (χ0) is 29.1. The molecule has 7 rings (SSSR count). The van der Waals surface area contributed by atoms with Gasteiger partial charge in [0.25, 0.3) is 0 Å². The van der Waals surface area contributed by atoms with Crippen molar-refractivity contribution in [3.8, 4) is 0 Å². The van der Waals surface area contributed by atoms with E-state index in [2.05, 4.69) is 123 Å². The van der Waals surface area contributed by atoms with E-state index in [1.807, 2.05) is 12.2 Å². The molecule has 3 aliphatic heterocycles. The summed E-state index contributed by atoms with van der Waals surface area (Å²) < 4.78 is 0. The van der Waals surface area contributed by atoms with Gasteiger partial charge in [0, 0.05) is 22.5 Å². The fraction of sp³-hybridized carbons (Fsp3) is 0.167. The molecule has 0 fully saturated rings. The summed E-state index contributed by atoms with van der Waals surface area (Å²) >= 11 is 0. The van der Waals surface area contributed by atoms with E-state index in [9.17, 15) is 0 Å². The molecule has 42 heavy (non-hydrogen) atoms. The number of amidine groups is 2. The molecule has 0 amide bonds. The van der Waals surface area contributed by atoms with E-state index in [1.54, 1.807) is 0 Å². The van der Waals surface area contributed by atoms with Gasteiger partial charge in [-0.15, -0.1) is 0 Å². The monoisotopic (exact) mass is 550 g/mol. The van der Waals surface area contributed by atoms with Gasteiger partial charge in [-0.25, -0.2) is 9.98 Å². The van der Waals surface area contributed by atoms with Crippen LogP contribution in [0.5, 0.6) is 0 Å². The van der Waals surface area contributed by atoms with E-state index in [0.29, 0.717) is 0 Å². The molecule has 2 aromatic carbocycles. The SMILES string of the molecule is Cc1cc(C)c(C2=C3C=CC(=N3)Nc3ccc([nH]3)C(c3c(C)cc(C)cc3C)=C3C=CC(=N3)Nc3ccc2[nH]3)c(C)c1. The van der Waals surface area contributed by atoms with Crippen molar-refractivity contribution < 1.29 is 0 Å².